The Morgan fingerprint density at radius 2 is 1.96 bits per heavy atom. The van der Waals surface area contributed by atoms with Gasteiger partial charge in [0.15, 0.2) is 0 Å². The number of primary amides is 1. The molecule has 2 amide bonds. The van der Waals surface area contributed by atoms with Gasteiger partial charge in [0.05, 0.1) is 0 Å². The number of carbonyl (C=O) groups is 2. The average Bonchev–Trinajstić information content (AvgIpc) is 2.53. The van der Waals surface area contributed by atoms with E-state index in [1.54, 1.807) is 30.3 Å². The number of rotatable bonds is 4. The molecule has 24 heavy (non-hydrogen) atoms. The van der Waals surface area contributed by atoms with Gasteiger partial charge >= 0.3 is 0 Å². The van der Waals surface area contributed by atoms with Gasteiger partial charge in [-0.2, -0.15) is 0 Å². The molecule has 120 valence electrons. The van der Waals surface area contributed by atoms with Crippen LogP contribution in [0.1, 0.15) is 17.3 Å². The van der Waals surface area contributed by atoms with Crippen LogP contribution in [0.2, 0.25) is 0 Å². The first-order chi connectivity index (χ1) is 11.5. The molecule has 0 atom stereocenters. The summed E-state index contributed by atoms with van der Waals surface area (Å²) in [5.74, 6) is 0.467. The van der Waals surface area contributed by atoms with Crippen molar-refractivity contribution in [3.63, 3.8) is 0 Å². The summed E-state index contributed by atoms with van der Waals surface area (Å²) in [6.45, 7) is 1.39. The van der Waals surface area contributed by atoms with Crippen LogP contribution in [0.25, 0.3) is 10.8 Å². The highest BCUT2D eigenvalue weighted by molar-refractivity contribution is 6.06. The SMILES string of the molecule is CC(=O)Nc1cc(Oc2ccc3c(C(N)=O)cccc3c2)ncn1. The van der Waals surface area contributed by atoms with Gasteiger partial charge in [-0.3, -0.25) is 9.59 Å². The number of hydrogen-bond donors (Lipinski definition) is 2. The van der Waals surface area contributed by atoms with Gasteiger partial charge < -0.3 is 15.8 Å². The molecule has 0 aliphatic rings. The smallest absolute Gasteiger partial charge is 0.249 e. The normalized spacial score (nSPS) is 10.4. The van der Waals surface area contributed by atoms with Gasteiger partial charge in [-0.15, -0.1) is 0 Å². The molecular formula is C17H14N4O3. The van der Waals surface area contributed by atoms with Crippen molar-refractivity contribution in [1.82, 2.24) is 9.97 Å². The van der Waals surface area contributed by atoms with E-state index < -0.39 is 5.91 Å². The molecule has 1 aromatic heterocycles. The minimum atomic E-state index is -0.481. The number of hydrogen-bond acceptors (Lipinski definition) is 5. The fourth-order valence-corrected chi connectivity index (χ4v) is 2.30. The van der Waals surface area contributed by atoms with Crippen LogP contribution in [-0.4, -0.2) is 21.8 Å². The fourth-order valence-electron chi connectivity index (χ4n) is 2.30. The number of fused-ring (bicyclic) bond motifs is 1. The van der Waals surface area contributed by atoms with Gasteiger partial charge in [-0.25, -0.2) is 9.97 Å². The second kappa shape index (κ2) is 6.33. The van der Waals surface area contributed by atoms with Crippen LogP contribution in [0.4, 0.5) is 5.82 Å². The Labute approximate surface area is 137 Å². The third kappa shape index (κ3) is 3.30. The van der Waals surface area contributed by atoms with Crippen molar-refractivity contribution >= 4 is 28.4 Å². The number of anilines is 1. The molecular weight excluding hydrogens is 308 g/mol. The lowest BCUT2D eigenvalue weighted by atomic mass is 10.0. The molecule has 3 aromatic rings. The van der Waals surface area contributed by atoms with E-state index in [0.29, 0.717) is 23.0 Å². The maximum Gasteiger partial charge on any atom is 0.249 e. The molecule has 2 aromatic carbocycles. The first-order valence-electron chi connectivity index (χ1n) is 7.13. The highest BCUT2D eigenvalue weighted by atomic mass is 16.5. The quantitative estimate of drug-likeness (QED) is 0.767. The van der Waals surface area contributed by atoms with Gasteiger partial charge in [-0.1, -0.05) is 12.1 Å². The summed E-state index contributed by atoms with van der Waals surface area (Å²) in [4.78, 5) is 30.5. The highest BCUT2D eigenvalue weighted by Crippen LogP contribution is 2.27. The van der Waals surface area contributed by atoms with Gasteiger partial charge in [0, 0.05) is 18.6 Å². The monoisotopic (exact) mass is 322 g/mol. The van der Waals surface area contributed by atoms with Gasteiger partial charge in [-0.05, 0) is 35.0 Å². The summed E-state index contributed by atoms with van der Waals surface area (Å²) >= 11 is 0. The van der Waals surface area contributed by atoms with Crippen molar-refractivity contribution in [3.05, 3.63) is 54.4 Å². The van der Waals surface area contributed by atoms with Crippen molar-refractivity contribution in [1.29, 1.82) is 0 Å². The van der Waals surface area contributed by atoms with E-state index in [2.05, 4.69) is 15.3 Å². The van der Waals surface area contributed by atoms with Crippen LogP contribution in [0.15, 0.2) is 48.8 Å². The Morgan fingerprint density at radius 3 is 2.71 bits per heavy atom. The summed E-state index contributed by atoms with van der Waals surface area (Å²) in [6.07, 6.45) is 1.30. The van der Waals surface area contributed by atoms with Crippen LogP contribution in [0.5, 0.6) is 11.6 Å². The van der Waals surface area contributed by atoms with Gasteiger partial charge in [0.25, 0.3) is 0 Å². The van der Waals surface area contributed by atoms with E-state index in [4.69, 9.17) is 10.5 Å². The van der Waals surface area contributed by atoms with Crippen LogP contribution in [-0.2, 0) is 4.79 Å². The minimum absolute atomic E-state index is 0.232. The summed E-state index contributed by atoms with van der Waals surface area (Å²) in [7, 11) is 0. The summed E-state index contributed by atoms with van der Waals surface area (Å²) in [5.41, 5.74) is 5.83. The van der Waals surface area contributed by atoms with E-state index in [-0.39, 0.29) is 5.91 Å². The minimum Gasteiger partial charge on any atom is -0.439 e. The maximum atomic E-state index is 11.5. The number of nitrogens with zero attached hydrogens (tertiary/aromatic N) is 2. The zero-order valence-corrected chi connectivity index (χ0v) is 12.8. The zero-order valence-electron chi connectivity index (χ0n) is 12.8. The number of nitrogens with one attached hydrogen (secondary N) is 1. The molecule has 0 fully saturated rings. The van der Waals surface area contributed by atoms with E-state index in [9.17, 15) is 9.59 Å². The van der Waals surface area contributed by atoms with Crippen LogP contribution >= 0.6 is 0 Å². The molecule has 0 bridgehead atoms. The standard InChI is InChI=1S/C17H14N4O3/c1-10(22)21-15-8-16(20-9-19-15)24-12-5-6-13-11(7-12)3-2-4-14(13)17(18)23/h2-9H,1H3,(H2,18,23)(H,19,20,21,22). The number of amides is 2. The molecule has 0 aliphatic carbocycles. The van der Waals surface area contributed by atoms with Crippen LogP contribution in [0, 0.1) is 0 Å². The first kappa shape index (κ1) is 15.4. The second-order valence-corrected chi connectivity index (χ2v) is 5.08. The zero-order chi connectivity index (χ0) is 17.1. The molecule has 7 heteroatoms. The number of benzene rings is 2. The summed E-state index contributed by atoms with van der Waals surface area (Å²) < 4.78 is 5.69. The predicted molar refractivity (Wildman–Crippen MR) is 88.9 cm³/mol. The van der Waals surface area contributed by atoms with Crippen molar-refractivity contribution in [2.75, 3.05) is 5.32 Å². The fraction of sp³-hybridized carbons (Fsp3) is 0.0588. The van der Waals surface area contributed by atoms with Gasteiger partial charge in [0.1, 0.15) is 17.9 Å². The molecule has 3 rings (SSSR count). The summed E-state index contributed by atoms with van der Waals surface area (Å²) in [6, 6.07) is 12.1. The summed E-state index contributed by atoms with van der Waals surface area (Å²) in [5, 5.41) is 4.13. The van der Waals surface area contributed by atoms with Crippen LogP contribution < -0.4 is 15.8 Å². The molecule has 0 spiro atoms. The van der Waals surface area contributed by atoms with E-state index in [1.165, 1.54) is 19.3 Å². The number of nitrogens with two attached hydrogens (primary N) is 1. The number of ether oxygens (including phenoxy) is 1. The predicted octanol–water partition coefficient (Wildman–Crippen LogP) is 2.48. The van der Waals surface area contributed by atoms with Crippen molar-refractivity contribution in [3.8, 4) is 11.6 Å². The van der Waals surface area contributed by atoms with E-state index in [1.807, 2.05) is 6.07 Å². The first-order valence-corrected chi connectivity index (χ1v) is 7.13. The van der Waals surface area contributed by atoms with E-state index >= 15 is 0 Å². The van der Waals surface area contributed by atoms with Crippen LogP contribution in [0.3, 0.4) is 0 Å². The lowest BCUT2D eigenvalue weighted by molar-refractivity contribution is -0.114. The Kier molecular flexibility index (Phi) is 4.07. The topological polar surface area (TPSA) is 107 Å². The Balaban J connectivity index is 1.91. The molecule has 0 saturated heterocycles. The third-order valence-electron chi connectivity index (χ3n) is 3.29. The molecule has 7 nitrogen and oxygen atoms in total. The molecule has 0 unspecified atom stereocenters. The third-order valence-corrected chi connectivity index (χ3v) is 3.29. The maximum absolute atomic E-state index is 11.5. The number of carbonyl (C=O) groups excluding carboxylic acids is 2. The molecule has 1 heterocycles. The average molecular weight is 322 g/mol. The highest BCUT2D eigenvalue weighted by Gasteiger charge is 2.08. The van der Waals surface area contributed by atoms with Crippen molar-refractivity contribution < 1.29 is 14.3 Å². The molecule has 0 saturated carbocycles. The second-order valence-electron chi connectivity index (χ2n) is 5.08. The Morgan fingerprint density at radius 1 is 1.12 bits per heavy atom. The lowest BCUT2D eigenvalue weighted by Crippen LogP contribution is -2.11. The van der Waals surface area contributed by atoms with Crippen molar-refractivity contribution in [2.45, 2.75) is 6.92 Å². The molecule has 0 aliphatic heterocycles. The molecule has 3 N–H and O–H groups in total. The van der Waals surface area contributed by atoms with Crippen molar-refractivity contribution in [2.24, 2.45) is 5.73 Å². The molecule has 0 radical (unpaired) electrons. The Hall–Kier alpha value is -3.48. The largest absolute Gasteiger partial charge is 0.439 e. The van der Waals surface area contributed by atoms with E-state index in [0.717, 1.165) is 10.8 Å². The Bertz CT molecular complexity index is 940. The van der Waals surface area contributed by atoms with Gasteiger partial charge in [0.2, 0.25) is 17.7 Å². The lowest BCUT2D eigenvalue weighted by Gasteiger charge is -2.08. The number of aromatic nitrogens is 2.